The van der Waals surface area contributed by atoms with Gasteiger partial charge in [-0.3, -0.25) is 13.6 Å². The van der Waals surface area contributed by atoms with Crippen LogP contribution in [0.5, 0.6) is 0 Å². The number of hydrogen-bond acceptors (Lipinski definition) is 5. The van der Waals surface area contributed by atoms with E-state index in [9.17, 15) is 39.3 Å². The van der Waals surface area contributed by atoms with E-state index in [2.05, 4.69) is 9.05 Å². The largest absolute Gasteiger partial charge is 0.412 e. The van der Waals surface area contributed by atoms with Gasteiger partial charge in [0.2, 0.25) is 0 Å². The summed E-state index contributed by atoms with van der Waals surface area (Å²) in [6, 6.07) is 0. The number of rotatable bonds is 6. The molecule has 0 aliphatic carbocycles. The van der Waals surface area contributed by atoms with E-state index < -0.39 is 48.5 Å². The summed E-state index contributed by atoms with van der Waals surface area (Å²) in [4.78, 5) is 0. The lowest BCUT2D eigenvalue weighted by molar-refractivity contribution is -0.165. The fraction of sp³-hybridized carbons (Fsp3) is 1.00. The first-order valence-electron chi connectivity index (χ1n) is 4.31. The molecule has 0 rings (SSSR count). The molecule has 0 bridgehead atoms. The summed E-state index contributed by atoms with van der Waals surface area (Å²) in [7, 11) is -9.23. The molecule has 19 heavy (non-hydrogen) atoms. The van der Waals surface area contributed by atoms with Gasteiger partial charge in [0.1, 0.15) is 0 Å². The van der Waals surface area contributed by atoms with Gasteiger partial charge in [0, 0.05) is 6.26 Å². The van der Waals surface area contributed by atoms with E-state index >= 15 is 0 Å². The van der Waals surface area contributed by atoms with Gasteiger partial charge >= 0.3 is 19.9 Å². The van der Waals surface area contributed by atoms with E-state index in [1.165, 1.54) is 0 Å². The summed E-state index contributed by atoms with van der Waals surface area (Å²) in [5.41, 5.74) is -1.58. The molecular weight excluding hydrogens is 329 g/mol. The van der Waals surface area contributed by atoms with Gasteiger partial charge in [-0.25, -0.2) is 8.42 Å². The summed E-state index contributed by atoms with van der Waals surface area (Å²) in [5, 5.41) is 0. The third-order valence-corrected chi connectivity index (χ3v) is 5.43. The van der Waals surface area contributed by atoms with Gasteiger partial charge in [0.15, 0.2) is 28.5 Å². The second-order valence-electron chi connectivity index (χ2n) is 3.44. The molecule has 0 saturated carbocycles. The minimum atomic E-state index is -5.06. The quantitative estimate of drug-likeness (QED) is 0.549. The van der Waals surface area contributed by atoms with Gasteiger partial charge in [-0.1, -0.05) is 0 Å². The minimum Gasteiger partial charge on any atom is -0.298 e. The predicted octanol–water partition coefficient (Wildman–Crippen LogP) is 2.34. The minimum absolute atomic E-state index is 0.466. The van der Waals surface area contributed by atoms with Crippen LogP contribution in [0.15, 0.2) is 0 Å². The molecule has 0 heterocycles. The van der Waals surface area contributed by atoms with Crippen molar-refractivity contribution in [2.24, 2.45) is 0 Å². The van der Waals surface area contributed by atoms with Crippen LogP contribution < -0.4 is 0 Å². The molecule has 5 nitrogen and oxygen atoms in total. The average molecular weight is 338 g/mol. The molecule has 0 N–H and O–H groups in total. The fourth-order valence-corrected chi connectivity index (χ4v) is 4.40. The lowest BCUT2D eigenvalue weighted by atomic mass is 10.7. The van der Waals surface area contributed by atoms with Crippen molar-refractivity contribution in [2.45, 2.75) is 12.4 Å². The van der Waals surface area contributed by atoms with Gasteiger partial charge in [-0.2, -0.15) is 26.3 Å². The van der Waals surface area contributed by atoms with Crippen molar-refractivity contribution in [3.63, 3.8) is 0 Å². The van der Waals surface area contributed by atoms with Crippen molar-refractivity contribution in [1.29, 1.82) is 0 Å². The Morgan fingerprint density at radius 3 is 1.47 bits per heavy atom. The van der Waals surface area contributed by atoms with Crippen LogP contribution in [0, 0.1) is 0 Å². The Morgan fingerprint density at radius 1 is 0.947 bits per heavy atom. The number of alkyl halides is 6. The molecule has 0 aromatic carbocycles. The van der Waals surface area contributed by atoms with Crippen molar-refractivity contribution >= 4 is 17.4 Å². The van der Waals surface area contributed by atoms with Gasteiger partial charge in [-0.15, -0.1) is 0 Å². The molecule has 0 fully saturated rings. The van der Waals surface area contributed by atoms with Gasteiger partial charge in [0.25, 0.3) is 0 Å². The number of sulfone groups is 1. The standard InChI is InChI=1S/C6H9F6O5PS/c1-19(14,15)4-18(13,16-2-5(7,8)9)17-3-6(10,11)12/h2-4H2,1H3. The lowest BCUT2D eigenvalue weighted by Crippen LogP contribution is -2.22. The molecule has 0 aromatic rings. The maximum Gasteiger partial charge on any atom is 0.412 e. The Bertz CT molecular complexity index is 418. The van der Waals surface area contributed by atoms with Crippen molar-refractivity contribution in [1.82, 2.24) is 0 Å². The maximum atomic E-state index is 11.8. The third-order valence-electron chi connectivity index (χ3n) is 1.24. The summed E-state index contributed by atoms with van der Waals surface area (Å²) in [5.74, 6) is 0. The molecule has 116 valence electrons. The molecule has 0 aliphatic rings. The highest BCUT2D eigenvalue weighted by Crippen LogP contribution is 2.51. The van der Waals surface area contributed by atoms with E-state index in [0.717, 1.165) is 0 Å². The maximum absolute atomic E-state index is 11.8. The van der Waals surface area contributed by atoms with Crippen molar-refractivity contribution < 1.29 is 48.4 Å². The van der Waals surface area contributed by atoms with Gasteiger partial charge < -0.3 is 0 Å². The fourth-order valence-electron chi connectivity index (χ4n) is 0.742. The molecule has 0 unspecified atom stereocenters. The summed E-state index contributed by atoms with van der Waals surface area (Å²) >= 11 is 0. The van der Waals surface area contributed by atoms with Crippen LogP contribution in [0.2, 0.25) is 0 Å². The van der Waals surface area contributed by atoms with E-state index in [-0.39, 0.29) is 0 Å². The normalized spacial score (nSPS) is 14.7. The zero-order valence-corrected chi connectivity index (χ0v) is 11.0. The predicted molar refractivity (Wildman–Crippen MR) is 51.3 cm³/mol. The molecule has 0 spiro atoms. The molecular formula is C6H9F6O5PS. The molecule has 0 saturated heterocycles. The van der Waals surface area contributed by atoms with E-state index in [1.54, 1.807) is 0 Å². The Morgan fingerprint density at radius 2 is 1.26 bits per heavy atom. The van der Waals surface area contributed by atoms with Crippen molar-refractivity contribution in [3.8, 4) is 0 Å². The smallest absolute Gasteiger partial charge is 0.298 e. The van der Waals surface area contributed by atoms with E-state index in [0.29, 0.717) is 6.26 Å². The highest BCUT2D eigenvalue weighted by molar-refractivity contribution is 7.97. The lowest BCUT2D eigenvalue weighted by Gasteiger charge is -2.19. The Hall–Kier alpha value is -0.320. The van der Waals surface area contributed by atoms with Crippen LogP contribution in [-0.2, 0) is 23.4 Å². The van der Waals surface area contributed by atoms with Crippen LogP contribution >= 0.6 is 7.60 Å². The third kappa shape index (κ3) is 11.2. The van der Waals surface area contributed by atoms with Crippen LogP contribution in [0.3, 0.4) is 0 Å². The Balaban J connectivity index is 4.88. The SMILES string of the molecule is CS(=O)(=O)CP(=O)(OCC(F)(F)F)OCC(F)(F)F. The van der Waals surface area contributed by atoms with E-state index in [4.69, 9.17) is 0 Å². The first-order chi connectivity index (χ1) is 8.12. The summed E-state index contributed by atoms with van der Waals surface area (Å²) in [6.45, 7) is -4.37. The highest BCUT2D eigenvalue weighted by Gasteiger charge is 2.40. The highest BCUT2D eigenvalue weighted by atomic mass is 32.2. The molecule has 13 heteroatoms. The topological polar surface area (TPSA) is 69.7 Å². The van der Waals surface area contributed by atoms with Crippen LogP contribution in [0.25, 0.3) is 0 Å². The summed E-state index contributed by atoms with van der Waals surface area (Å²) in [6.07, 6.45) is -9.52. The first-order valence-corrected chi connectivity index (χ1v) is 8.10. The first kappa shape index (κ1) is 18.7. The molecule has 0 aliphatic heterocycles. The van der Waals surface area contributed by atoms with Crippen LogP contribution in [0.1, 0.15) is 0 Å². The van der Waals surface area contributed by atoms with Crippen molar-refractivity contribution in [2.75, 3.05) is 25.0 Å². The molecule has 0 aromatic heterocycles. The second kappa shape index (κ2) is 5.98. The van der Waals surface area contributed by atoms with Crippen molar-refractivity contribution in [3.05, 3.63) is 0 Å². The van der Waals surface area contributed by atoms with Gasteiger partial charge in [-0.05, 0) is 0 Å². The monoisotopic (exact) mass is 338 g/mol. The molecule has 0 radical (unpaired) electrons. The number of hydrogen-bond donors (Lipinski definition) is 0. The Labute approximate surface area is 104 Å². The number of halogens is 6. The van der Waals surface area contributed by atoms with Crippen LogP contribution in [-0.4, -0.2) is 45.7 Å². The van der Waals surface area contributed by atoms with E-state index in [1.807, 2.05) is 0 Å². The molecule has 0 amide bonds. The zero-order chi connectivity index (χ0) is 15.5. The molecule has 0 atom stereocenters. The Kier molecular flexibility index (Phi) is 5.88. The summed E-state index contributed by atoms with van der Waals surface area (Å²) < 4.78 is 111. The average Bonchev–Trinajstić information content (AvgIpc) is 2.07. The van der Waals surface area contributed by atoms with Gasteiger partial charge in [0.05, 0.1) is 0 Å². The zero-order valence-electron chi connectivity index (χ0n) is 9.29. The van der Waals surface area contributed by atoms with Crippen LogP contribution in [0.4, 0.5) is 26.3 Å². The second-order valence-corrected chi connectivity index (χ2v) is 8.07.